The summed E-state index contributed by atoms with van der Waals surface area (Å²) in [7, 11) is 0. The van der Waals surface area contributed by atoms with Gasteiger partial charge in [-0.2, -0.15) is 0 Å². The minimum Gasteiger partial charge on any atom is -0.307 e. The average molecular weight is 263 g/mol. The van der Waals surface area contributed by atoms with Gasteiger partial charge in [0.15, 0.2) is 0 Å². The smallest absolute Gasteiger partial charge is 0.123 e. The monoisotopic (exact) mass is 263 g/mol. The molecule has 2 rings (SSSR count). The second-order valence-corrected chi connectivity index (χ2v) is 5.90. The molecule has 1 N–H and O–H groups in total. The summed E-state index contributed by atoms with van der Waals surface area (Å²) in [6.45, 7) is 4.56. The molecule has 1 aromatic carbocycles. The van der Waals surface area contributed by atoms with Gasteiger partial charge in [0.1, 0.15) is 5.82 Å². The highest BCUT2D eigenvalue weighted by Gasteiger charge is 2.22. The van der Waals surface area contributed by atoms with Gasteiger partial charge >= 0.3 is 0 Å². The largest absolute Gasteiger partial charge is 0.307 e. The summed E-state index contributed by atoms with van der Waals surface area (Å²) < 4.78 is 13.0. The first-order valence-electron chi connectivity index (χ1n) is 7.72. The maximum atomic E-state index is 13.0. The van der Waals surface area contributed by atoms with Crippen LogP contribution in [0, 0.1) is 11.7 Å². The lowest BCUT2D eigenvalue weighted by Crippen LogP contribution is -2.37. The van der Waals surface area contributed by atoms with Crippen molar-refractivity contribution in [2.24, 2.45) is 5.92 Å². The molecule has 0 spiro atoms. The van der Waals surface area contributed by atoms with Crippen molar-refractivity contribution in [3.05, 3.63) is 35.6 Å². The van der Waals surface area contributed by atoms with Crippen LogP contribution >= 0.6 is 0 Å². The van der Waals surface area contributed by atoms with Crippen LogP contribution < -0.4 is 5.32 Å². The molecule has 0 bridgehead atoms. The first-order chi connectivity index (χ1) is 9.20. The summed E-state index contributed by atoms with van der Waals surface area (Å²) in [5, 5.41) is 3.81. The standard InChI is InChI=1S/C17H26FN/c1-3-16(14-9-11-15(18)12-10-14)19-17-8-6-4-5-7-13(17)2/h9-13,16-17,19H,3-8H2,1-2H3. The maximum absolute atomic E-state index is 13.0. The van der Waals surface area contributed by atoms with Crippen LogP contribution in [-0.2, 0) is 0 Å². The fourth-order valence-electron chi connectivity index (χ4n) is 3.14. The minimum atomic E-state index is -0.151. The molecule has 1 aliphatic rings. The zero-order valence-electron chi connectivity index (χ0n) is 12.2. The number of nitrogens with one attached hydrogen (secondary N) is 1. The van der Waals surface area contributed by atoms with Crippen molar-refractivity contribution in [1.29, 1.82) is 0 Å². The first kappa shape index (κ1) is 14.5. The van der Waals surface area contributed by atoms with E-state index in [9.17, 15) is 4.39 Å². The van der Waals surface area contributed by atoms with E-state index >= 15 is 0 Å². The molecule has 1 fully saturated rings. The van der Waals surface area contributed by atoms with Gasteiger partial charge in [0.25, 0.3) is 0 Å². The molecule has 1 aliphatic carbocycles. The predicted molar refractivity (Wildman–Crippen MR) is 78.6 cm³/mol. The van der Waals surface area contributed by atoms with Crippen LogP contribution in [0.2, 0.25) is 0 Å². The van der Waals surface area contributed by atoms with Gasteiger partial charge in [0, 0.05) is 12.1 Å². The third-order valence-electron chi connectivity index (χ3n) is 4.46. The summed E-state index contributed by atoms with van der Waals surface area (Å²) in [6, 6.07) is 7.92. The van der Waals surface area contributed by atoms with Crippen LogP contribution in [0.25, 0.3) is 0 Å². The van der Waals surface area contributed by atoms with Gasteiger partial charge in [0.05, 0.1) is 0 Å². The second kappa shape index (κ2) is 7.04. The number of rotatable bonds is 4. The Morgan fingerprint density at radius 3 is 2.53 bits per heavy atom. The molecule has 1 nitrogen and oxygen atoms in total. The highest BCUT2D eigenvalue weighted by Crippen LogP contribution is 2.26. The van der Waals surface area contributed by atoms with E-state index in [0.717, 1.165) is 12.3 Å². The topological polar surface area (TPSA) is 12.0 Å². The number of hydrogen-bond donors (Lipinski definition) is 1. The molecule has 0 saturated heterocycles. The van der Waals surface area contributed by atoms with Gasteiger partial charge in [-0.15, -0.1) is 0 Å². The predicted octanol–water partition coefficient (Wildman–Crippen LogP) is 4.84. The highest BCUT2D eigenvalue weighted by molar-refractivity contribution is 5.20. The van der Waals surface area contributed by atoms with E-state index < -0.39 is 0 Å². The van der Waals surface area contributed by atoms with Crippen LogP contribution in [0.3, 0.4) is 0 Å². The summed E-state index contributed by atoms with van der Waals surface area (Å²) in [6.07, 6.45) is 7.73. The Kier molecular flexibility index (Phi) is 5.38. The highest BCUT2D eigenvalue weighted by atomic mass is 19.1. The zero-order chi connectivity index (χ0) is 13.7. The quantitative estimate of drug-likeness (QED) is 0.767. The van der Waals surface area contributed by atoms with E-state index in [2.05, 4.69) is 19.2 Å². The van der Waals surface area contributed by atoms with E-state index in [1.165, 1.54) is 37.7 Å². The Labute approximate surface area is 116 Å². The lowest BCUT2D eigenvalue weighted by atomic mass is 9.94. The van der Waals surface area contributed by atoms with Crippen LogP contribution in [0.5, 0.6) is 0 Å². The normalized spacial score (nSPS) is 25.8. The van der Waals surface area contributed by atoms with Crippen molar-refractivity contribution in [2.45, 2.75) is 64.5 Å². The van der Waals surface area contributed by atoms with Gasteiger partial charge in [-0.1, -0.05) is 45.2 Å². The molecule has 3 unspecified atom stereocenters. The van der Waals surface area contributed by atoms with Crippen LogP contribution in [0.15, 0.2) is 24.3 Å². The Morgan fingerprint density at radius 2 is 1.84 bits per heavy atom. The molecule has 0 aliphatic heterocycles. The molecule has 0 heterocycles. The summed E-state index contributed by atoms with van der Waals surface area (Å²) in [4.78, 5) is 0. The van der Waals surface area contributed by atoms with Crippen molar-refractivity contribution in [3.63, 3.8) is 0 Å². The third kappa shape index (κ3) is 4.04. The van der Waals surface area contributed by atoms with Gasteiger partial charge in [0.2, 0.25) is 0 Å². The Morgan fingerprint density at radius 1 is 1.16 bits per heavy atom. The number of hydrogen-bond acceptors (Lipinski definition) is 1. The van der Waals surface area contributed by atoms with Crippen LogP contribution in [0.1, 0.15) is 64.0 Å². The second-order valence-electron chi connectivity index (χ2n) is 5.90. The Hall–Kier alpha value is -0.890. The Balaban J connectivity index is 2.03. The van der Waals surface area contributed by atoms with Gasteiger partial charge in [-0.3, -0.25) is 0 Å². The Bertz CT molecular complexity index is 373. The van der Waals surface area contributed by atoms with E-state index in [1.807, 2.05) is 12.1 Å². The van der Waals surface area contributed by atoms with Crippen molar-refractivity contribution < 1.29 is 4.39 Å². The van der Waals surface area contributed by atoms with Crippen molar-refractivity contribution in [1.82, 2.24) is 5.32 Å². The van der Waals surface area contributed by atoms with Crippen LogP contribution in [0.4, 0.5) is 4.39 Å². The molecule has 0 aromatic heterocycles. The van der Waals surface area contributed by atoms with Crippen molar-refractivity contribution in [3.8, 4) is 0 Å². The van der Waals surface area contributed by atoms with E-state index in [0.29, 0.717) is 12.1 Å². The minimum absolute atomic E-state index is 0.151. The molecule has 2 heteroatoms. The van der Waals surface area contributed by atoms with E-state index in [-0.39, 0.29) is 5.82 Å². The van der Waals surface area contributed by atoms with E-state index in [1.54, 1.807) is 12.1 Å². The van der Waals surface area contributed by atoms with Crippen molar-refractivity contribution >= 4 is 0 Å². The average Bonchev–Trinajstić information content (AvgIpc) is 2.62. The molecular weight excluding hydrogens is 237 g/mol. The van der Waals surface area contributed by atoms with Crippen molar-refractivity contribution in [2.75, 3.05) is 0 Å². The fourth-order valence-corrected chi connectivity index (χ4v) is 3.14. The summed E-state index contributed by atoms with van der Waals surface area (Å²) in [5.74, 6) is 0.596. The molecule has 0 radical (unpaired) electrons. The number of halogens is 1. The SMILES string of the molecule is CCC(NC1CCCCCC1C)c1ccc(F)cc1. The third-order valence-corrected chi connectivity index (χ3v) is 4.46. The van der Waals surface area contributed by atoms with Gasteiger partial charge in [-0.05, 0) is 42.9 Å². The first-order valence-corrected chi connectivity index (χ1v) is 7.72. The van der Waals surface area contributed by atoms with Crippen LogP contribution in [-0.4, -0.2) is 6.04 Å². The van der Waals surface area contributed by atoms with Gasteiger partial charge < -0.3 is 5.32 Å². The molecule has 0 amide bonds. The molecule has 106 valence electrons. The lowest BCUT2D eigenvalue weighted by molar-refractivity contribution is 0.318. The number of benzene rings is 1. The molecular formula is C17H26FN. The molecule has 1 saturated carbocycles. The molecule has 1 aromatic rings. The maximum Gasteiger partial charge on any atom is 0.123 e. The fraction of sp³-hybridized carbons (Fsp3) is 0.647. The van der Waals surface area contributed by atoms with E-state index in [4.69, 9.17) is 0 Å². The molecule has 3 atom stereocenters. The summed E-state index contributed by atoms with van der Waals surface area (Å²) >= 11 is 0. The summed E-state index contributed by atoms with van der Waals surface area (Å²) in [5.41, 5.74) is 1.21. The zero-order valence-corrected chi connectivity index (χ0v) is 12.2. The molecule has 19 heavy (non-hydrogen) atoms. The van der Waals surface area contributed by atoms with Gasteiger partial charge in [-0.25, -0.2) is 4.39 Å². The lowest BCUT2D eigenvalue weighted by Gasteiger charge is -2.28.